The molecular formula is C15H16F3NO4. The van der Waals surface area contributed by atoms with Crippen molar-refractivity contribution in [2.45, 2.75) is 25.1 Å². The summed E-state index contributed by atoms with van der Waals surface area (Å²) in [5.41, 5.74) is -0.970. The second kappa shape index (κ2) is 6.99. The Hall–Kier alpha value is -2.09. The summed E-state index contributed by atoms with van der Waals surface area (Å²) in [7, 11) is 0. The standard InChI is InChI=1S/C15H16F3NO4/c16-15(17,18)12-4-2-1-3-10(12)7-13(20)19-5-6-23-9-11(19)8-14(21)22/h1-4,11H,5-9H2,(H,21,22). The van der Waals surface area contributed by atoms with E-state index in [0.717, 1.165) is 6.07 Å². The van der Waals surface area contributed by atoms with Gasteiger partial charge in [-0.1, -0.05) is 18.2 Å². The van der Waals surface area contributed by atoms with E-state index in [2.05, 4.69) is 0 Å². The van der Waals surface area contributed by atoms with Crippen molar-refractivity contribution in [2.75, 3.05) is 19.8 Å². The summed E-state index contributed by atoms with van der Waals surface area (Å²) in [6.07, 6.45) is -5.26. The fraction of sp³-hybridized carbons (Fsp3) is 0.467. The highest BCUT2D eigenvalue weighted by Gasteiger charge is 2.35. The Balaban J connectivity index is 2.16. The zero-order chi connectivity index (χ0) is 17.0. The van der Waals surface area contributed by atoms with Crippen LogP contribution in [-0.4, -0.2) is 47.7 Å². The number of alkyl halides is 3. The monoisotopic (exact) mass is 331 g/mol. The predicted octanol–water partition coefficient (Wildman–Crippen LogP) is 1.95. The number of hydrogen-bond donors (Lipinski definition) is 1. The van der Waals surface area contributed by atoms with Crippen molar-refractivity contribution in [1.29, 1.82) is 0 Å². The minimum Gasteiger partial charge on any atom is -0.481 e. The highest BCUT2D eigenvalue weighted by molar-refractivity contribution is 5.80. The Morgan fingerprint density at radius 2 is 2.00 bits per heavy atom. The number of halogens is 3. The van der Waals surface area contributed by atoms with Crippen LogP contribution in [0, 0.1) is 0 Å². The van der Waals surface area contributed by atoms with Gasteiger partial charge in [-0.15, -0.1) is 0 Å². The third-order valence-corrected chi connectivity index (χ3v) is 3.62. The van der Waals surface area contributed by atoms with Gasteiger partial charge < -0.3 is 14.7 Å². The molecule has 1 aliphatic rings. The number of carboxylic acids is 1. The molecule has 5 nitrogen and oxygen atoms in total. The fourth-order valence-corrected chi connectivity index (χ4v) is 2.57. The van der Waals surface area contributed by atoms with Gasteiger partial charge in [0.1, 0.15) is 0 Å². The maximum Gasteiger partial charge on any atom is 0.416 e. The van der Waals surface area contributed by atoms with Gasteiger partial charge in [-0.25, -0.2) is 0 Å². The van der Waals surface area contributed by atoms with Gasteiger partial charge in [-0.05, 0) is 11.6 Å². The third-order valence-electron chi connectivity index (χ3n) is 3.62. The van der Waals surface area contributed by atoms with Crippen LogP contribution in [0.4, 0.5) is 13.2 Å². The fourth-order valence-electron chi connectivity index (χ4n) is 2.57. The smallest absolute Gasteiger partial charge is 0.416 e. The second-order valence-electron chi connectivity index (χ2n) is 5.25. The summed E-state index contributed by atoms with van der Waals surface area (Å²) in [6.45, 7) is 0.479. The topological polar surface area (TPSA) is 66.8 Å². The summed E-state index contributed by atoms with van der Waals surface area (Å²) < 4.78 is 44.1. The van der Waals surface area contributed by atoms with Gasteiger partial charge in [0.05, 0.1) is 37.7 Å². The highest BCUT2D eigenvalue weighted by atomic mass is 19.4. The summed E-state index contributed by atoms with van der Waals surface area (Å²) in [5.74, 6) is -1.62. The van der Waals surface area contributed by atoms with Crippen LogP contribution in [0.15, 0.2) is 24.3 Å². The van der Waals surface area contributed by atoms with Gasteiger partial charge in [-0.3, -0.25) is 9.59 Å². The van der Waals surface area contributed by atoms with Gasteiger partial charge in [0, 0.05) is 6.54 Å². The number of aliphatic carboxylic acids is 1. The summed E-state index contributed by atoms with van der Waals surface area (Å²) in [6, 6.07) is 4.22. The highest BCUT2D eigenvalue weighted by Crippen LogP contribution is 2.32. The van der Waals surface area contributed by atoms with E-state index in [0.29, 0.717) is 0 Å². The molecule has 1 amide bonds. The first-order chi connectivity index (χ1) is 10.8. The van der Waals surface area contributed by atoms with E-state index < -0.39 is 36.1 Å². The molecule has 23 heavy (non-hydrogen) atoms. The van der Waals surface area contributed by atoms with Crippen LogP contribution in [-0.2, 0) is 26.9 Å². The first kappa shape index (κ1) is 17.3. The molecule has 0 saturated carbocycles. The van der Waals surface area contributed by atoms with Crippen LogP contribution in [0.5, 0.6) is 0 Å². The van der Waals surface area contributed by atoms with Crippen LogP contribution in [0.25, 0.3) is 0 Å². The van der Waals surface area contributed by atoms with Crippen molar-refractivity contribution in [3.8, 4) is 0 Å². The molecule has 0 radical (unpaired) electrons. The Labute approximate surface area is 130 Å². The maximum absolute atomic E-state index is 13.0. The number of morpholine rings is 1. The van der Waals surface area contributed by atoms with E-state index in [1.165, 1.54) is 23.1 Å². The molecule has 1 heterocycles. The van der Waals surface area contributed by atoms with Gasteiger partial charge in [0.15, 0.2) is 0 Å². The van der Waals surface area contributed by atoms with Gasteiger partial charge in [0.25, 0.3) is 0 Å². The van der Waals surface area contributed by atoms with Crippen molar-refractivity contribution in [1.82, 2.24) is 4.90 Å². The molecule has 8 heteroatoms. The molecular weight excluding hydrogens is 315 g/mol. The third kappa shape index (κ3) is 4.44. The molecule has 0 aromatic heterocycles. The molecule has 1 atom stereocenters. The van der Waals surface area contributed by atoms with E-state index >= 15 is 0 Å². The number of carboxylic acid groups (broad SMARTS) is 1. The summed E-state index contributed by atoms with van der Waals surface area (Å²) in [4.78, 5) is 24.5. The molecule has 1 saturated heterocycles. The van der Waals surface area contributed by atoms with Crippen LogP contribution >= 0.6 is 0 Å². The lowest BCUT2D eigenvalue weighted by Crippen LogP contribution is -2.50. The predicted molar refractivity (Wildman–Crippen MR) is 73.7 cm³/mol. The molecule has 0 spiro atoms. The average molecular weight is 331 g/mol. The van der Waals surface area contributed by atoms with Crippen LogP contribution in [0.3, 0.4) is 0 Å². The van der Waals surface area contributed by atoms with Gasteiger partial charge in [0.2, 0.25) is 5.91 Å². The van der Waals surface area contributed by atoms with Crippen molar-refractivity contribution < 1.29 is 32.6 Å². The van der Waals surface area contributed by atoms with E-state index in [4.69, 9.17) is 9.84 Å². The Morgan fingerprint density at radius 1 is 1.30 bits per heavy atom. The zero-order valence-electron chi connectivity index (χ0n) is 12.2. The molecule has 1 fully saturated rings. The van der Waals surface area contributed by atoms with Crippen LogP contribution in [0.1, 0.15) is 17.5 Å². The number of rotatable bonds is 4. The number of amides is 1. The van der Waals surface area contributed by atoms with Gasteiger partial charge in [-0.2, -0.15) is 13.2 Å². The Morgan fingerprint density at radius 3 is 2.65 bits per heavy atom. The second-order valence-corrected chi connectivity index (χ2v) is 5.25. The molecule has 0 aliphatic carbocycles. The number of benzene rings is 1. The lowest BCUT2D eigenvalue weighted by atomic mass is 10.0. The normalized spacial score (nSPS) is 18.7. The van der Waals surface area contributed by atoms with E-state index in [9.17, 15) is 22.8 Å². The number of ether oxygens (including phenoxy) is 1. The zero-order valence-corrected chi connectivity index (χ0v) is 12.2. The molecule has 2 rings (SSSR count). The molecule has 0 bridgehead atoms. The Bertz CT molecular complexity index is 588. The van der Waals surface area contributed by atoms with E-state index in [-0.39, 0.29) is 31.7 Å². The Kier molecular flexibility index (Phi) is 5.25. The first-order valence-corrected chi connectivity index (χ1v) is 7.03. The molecule has 1 aromatic carbocycles. The lowest BCUT2D eigenvalue weighted by molar-refractivity contribution is -0.146. The average Bonchev–Trinajstić information content (AvgIpc) is 2.46. The van der Waals surface area contributed by atoms with E-state index in [1.807, 2.05) is 0 Å². The van der Waals surface area contributed by atoms with Crippen molar-refractivity contribution in [3.63, 3.8) is 0 Å². The quantitative estimate of drug-likeness (QED) is 0.916. The summed E-state index contributed by atoms with van der Waals surface area (Å²) >= 11 is 0. The van der Waals surface area contributed by atoms with Crippen LogP contribution in [0.2, 0.25) is 0 Å². The molecule has 1 N–H and O–H groups in total. The SMILES string of the molecule is O=C(O)CC1COCCN1C(=O)Cc1ccccc1C(F)(F)F. The summed E-state index contributed by atoms with van der Waals surface area (Å²) in [5, 5.41) is 8.86. The minimum atomic E-state index is -4.54. The van der Waals surface area contributed by atoms with Crippen molar-refractivity contribution in [3.05, 3.63) is 35.4 Å². The lowest BCUT2D eigenvalue weighted by Gasteiger charge is -2.35. The maximum atomic E-state index is 13.0. The largest absolute Gasteiger partial charge is 0.481 e. The van der Waals surface area contributed by atoms with E-state index in [1.54, 1.807) is 0 Å². The number of nitrogens with zero attached hydrogens (tertiary/aromatic N) is 1. The van der Waals surface area contributed by atoms with Crippen molar-refractivity contribution >= 4 is 11.9 Å². The minimum absolute atomic E-state index is 0.0684. The first-order valence-electron chi connectivity index (χ1n) is 7.03. The number of hydrogen-bond acceptors (Lipinski definition) is 3. The number of carbonyl (C=O) groups is 2. The van der Waals surface area contributed by atoms with Crippen LogP contribution < -0.4 is 0 Å². The molecule has 1 unspecified atom stereocenters. The number of carbonyl (C=O) groups excluding carboxylic acids is 1. The molecule has 1 aromatic rings. The van der Waals surface area contributed by atoms with Gasteiger partial charge >= 0.3 is 12.1 Å². The molecule has 126 valence electrons. The molecule has 1 aliphatic heterocycles. The van der Waals surface area contributed by atoms with Crippen molar-refractivity contribution in [2.24, 2.45) is 0 Å².